The lowest BCUT2D eigenvalue weighted by Crippen LogP contribution is -2.42. The van der Waals surface area contributed by atoms with Gasteiger partial charge in [-0.1, -0.05) is 25.1 Å². The number of nitrogens with zero attached hydrogens (tertiary/aromatic N) is 2. The first-order valence-electron chi connectivity index (χ1n) is 7.19. The van der Waals surface area contributed by atoms with Crippen molar-refractivity contribution in [2.45, 2.75) is 26.3 Å². The fourth-order valence-electron chi connectivity index (χ4n) is 2.93. The zero-order valence-corrected chi connectivity index (χ0v) is 12.5. The smallest absolute Gasteiger partial charge is 0.274 e. The molecule has 0 aromatic heterocycles. The molecular formula is C15H21N3O3. The highest BCUT2D eigenvalue weighted by molar-refractivity contribution is 5.83. The van der Waals surface area contributed by atoms with Crippen molar-refractivity contribution in [2.75, 3.05) is 20.1 Å². The van der Waals surface area contributed by atoms with Gasteiger partial charge in [-0.05, 0) is 19.4 Å². The molecule has 1 fully saturated rings. The molecule has 1 aliphatic heterocycles. The van der Waals surface area contributed by atoms with Gasteiger partial charge in [-0.3, -0.25) is 14.9 Å². The summed E-state index contributed by atoms with van der Waals surface area (Å²) in [5.41, 5.74) is 0.265. The van der Waals surface area contributed by atoms with E-state index in [9.17, 15) is 14.9 Å². The number of hydrogen-bond donors (Lipinski definition) is 1. The molecule has 1 aromatic rings. The average Bonchev–Trinajstić information content (AvgIpc) is 2.96. The molecule has 2 rings (SSSR count). The van der Waals surface area contributed by atoms with Crippen LogP contribution in [0.5, 0.6) is 0 Å². The summed E-state index contributed by atoms with van der Waals surface area (Å²) in [5.74, 6) is 0.0631. The highest BCUT2D eigenvalue weighted by atomic mass is 16.6. The number of amides is 1. The van der Waals surface area contributed by atoms with E-state index in [1.165, 1.54) is 6.07 Å². The summed E-state index contributed by atoms with van der Waals surface area (Å²) >= 11 is 0. The predicted octanol–water partition coefficient (Wildman–Crippen LogP) is 1.94. The summed E-state index contributed by atoms with van der Waals surface area (Å²) in [6.07, 6.45) is 1.60. The molecule has 0 aliphatic carbocycles. The Kier molecular flexibility index (Phi) is 4.57. The van der Waals surface area contributed by atoms with E-state index in [1.807, 2.05) is 6.92 Å². The van der Waals surface area contributed by atoms with Gasteiger partial charge < -0.3 is 10.2 Å². The molecule has 1 aliphatic rings. The van der Waals surface area contributed by atoms with Crippen LogP contribution in [-0.2, 0) is 11.3 Å². The van der Waals surface area contributed by atoms with Gasteiger partial charge in [0.25, 0.3) is 5.69 Å². The molecule has 1 saturated heterocycles. The summed E-state index contributed by atoms with van der Waals surface area (Å²) in [6.45, 7) is 3.81. The van der Waals surface area contributed by atoms with Gasteiger partial charge in [0, 0.05) is 25.2 Å². The van der Waals surface area contributed by atoms with E-state index < -0.39 is 4.92 Å². The zero-order valence-electron chi connectivity index (χ0n) is 12.5. The maximum Gasteiger partial charge on any atom is 0.274 e. The number of hydrogen-bond acceptors (Lipinski definition) is 4. The third-order valence-electron chi connectivity index (χ3n) is 4.32. The quantitative estimate of drug-likeness (QED) is 0.664. The number of carbonyl (C=O) groups is 1. The molecule has 1 aromatic carbocycles. The topological polar surface area (TPSA) is 75.5 Å². The van der Waals surface area contributed by atoms with Crippen LogP contribution in [0.4, 0.5) is 5.69 Å². The van der Waals surface area contributed by atoms with Crippen LogP contribution in [0.1, 0.15) is 25.3 Å². The first kappa shape index (κ1) is 15.4. The van der Waals surface area contributed by atoms with E-state index in [2.05, 4.69) is 5.32 Å². The molecule has 0 bridgehead atoms. The van der Waals surface area contributed by atoms with Crippen LogP contribution in [-0.4, -0.2) is 35.9 Å². The minimum atomic E-state index is -0.402. The standard InChI is InChI=1S/C15H21N3O3/c1-3-15(8-9-16-11-15)14(19)17(2)10-12-6-4-5-7-13(12)18(20)21/h4-7,16H,3,8-11H2,1-2H3. The van der Waals surface area contributed by atoms with Crippen LogP contribution in [0, 0.1) is 15.5 Å². The number of rotatable bonds is 5. The Balaban J connectivity index is 2.16. The van der Waals surface area contributed by atoms with Crippen LogP contribution in [0.15, 0.2) is 24.3 Å². The van der Waals surface area contributed by atoms with Gasteiger partial charge in [0.2, 0.25) is 5.91 Å². The van der Waals surface area contributed by atoms with Crippen molar-refractivity contribution < 1.29 is 9.72 Å². The Morgan fingerprint density at radius 1 is 1.48 bits per heavy atom. The number of benzene rings is 1. The molecule has 0 radical (unpaired) electrons. The number of nitro benzene ring substituents is 1. The largest absolute Gasteiger partial charge is 0.341 e. The van der Waals surface area contributed by atoms with E-state index in [4.69, 9.17) is 0 Å². The van der Waals surface area contributed by atoms with Crippen molar-refractivity contribution in [1.82, 2.24) is 10.2 Å². The minimum absolute atomic E-state index is 0.0623. The highest BCUT2D eigenvalue weighted by Crippen LogP contribution is 2.32. The maximum absolute atomic E-state index is 12.7. The molecule has 1 atom stereocenters. The third-order valence-corrected chi connectivity index (χ3v) is 4.32. The van der Waals surface area contributed by atoms with Gasteiger partial charge in [-0.15, -0.1) is 0 Å². The molecule has 21 heavy (non-hydrogen) atoms. The summed E-state index contributed by atoms with van der Waals surface area (Å²) in [5, 5.41) is 14.3. The van der Waals surface area contributed by atoms with Crippen molar-refractivity contribution in [3.63, 3.8) is 0 Å². The van der Waals surface area contributed by atoms with Gasteiger partial charge in [-0.25, -0.2) is 0 Å². The molecule has 1 unspecified atom stereocenters. The lowest BCUT2D eigenvalue weighted by Gasteiger charge is -2.30. The average molecular weight is 291 g/mol. The van der Waals surface area contributed by atoms with Gasteiger partial charge in [0.15, 0.2) is 0 Å². The van der Waals surface area contributed by atoms with Crippen molar-refractivity contribution in [3.05, 3.63) is 39.9 Å². The summed E-state index contributed by atoms with van der Waals surface area (Å²) < 4.78 is 0. The van der Waals surface area contributed by atoms with Crippen LogP contribution in [0.3, 0.4) is 0 Å². The van der Waals surface area contributed by atoms with E-state index in [0.29, 0.717) is 12.1 Å². The minimum Gasteiger partial charge on any atom is -0.341 e. The monoisotopic (exact) mass is 291 g/mol. The summed E-state index contributed by atoms with van der Waals surface area (Å²) in [7, 11) is 1.72. The van der Waals surface area contributed by atoms with Crippen LogP contribution in [0.25, 0.3) is 0 Å². The summed E-state index contributed by atoms with van der Waals surface area (Å²) in [6, 6.07) is 6.57. The molecule has 1 heterocycles. The van der Waals surface area contributed by atoms with Crippen LogP contribution < -0.4 is 5.32 Å². The lowest BCUT2D eigenvalue weighted by atomic mass is 9.82. The van der Waals surface area contributed by atoms with Crippen LogP contribution >= 0.6 is 0 Å². The van der Waals surface area contributed by atoms with Crippen LogP contribution in [0.2, 0.25) is 0 Å². The lowest BCUT2D eigenvalue weighted by molar-refractivity contribution is -0.385. The van der Waals surface area contributed by atoms with E-state index >= 15 is 0 Å². The highest BCUT2D eigenvalue weighted by Gasteiger charge is 2.41. The Labute approximate surface area is 124 Å². The first-order valence-corrected chi connectivity index (χ1v) is 7.19. The molecule has 1 amide bonds. The Bertz CT molecular complexity index is 539. The molecular weight excluding hydrogens is 270 g/mol. The second kappa shape index (κ2) is 6.22. The van der Waals surface area contributed by atoms with E-state index in [1.54, 1.807) is 30.1 Å². The van der Waals surface area contributed by atoms with Crippen molar-refractivity contribution >= 4 is 11.6 Å². The number of carbonyl (C=O) groups excluding carboxylic acids is 1. The molecule has 1 N–H and O–H groups in total. The SMILES string of the molecule is CCC1(C(=O)N(C)Cc2ccccc2[N+](=O)[O-])CCNC1. The number of nitro groups is 1. The van der Waals surface area contributed by atoms with Gasteiger partial charge in [0.05, 0.1) is 16.9 Å². The van der Waals surface area contributed by atoms with E-state index in [0.717, 1.165) is 19.4 Å². The fraction of sp³-hybridized carbons (Fsp3) is 0.533. The molecule has 0 saturated carbocycles. The predicted molar refractivity (Wildman–Crippen MR) is 79.8 cm³/mol. The second-order valence-electron chi connectivity index (χ2n) is 5.61. The third kappa shape index (κ3) is 3.05. The van der Waals surface area contributed by atoms with Gasteiger partial charge >= 0.3 is 0 Å². The fourth-order valence-corrected chi connectivity index (χ4v) is 2.93. The Hall–Kier alpha value is -1.95. The number of nitrogens with one attached hydrogen (secondary N) is 1. The molecule has 0 spiro atoms. The summed E-state index contributed by atoms with van der Waals surface area (Å²) in [4.78, 5) is 24.9. The maximum atomic E-state index is 12.7. The normalized spacial score (nSPS) is 21.2. The number of para-hydroxylation sites is 1. The van der Waals surface area contributed by atoms with Gasteiger partial charge in [0.1, 0.15) is 0 Å². The van der Waals surface area contributed by atoms with Crippen molar-refractivity contribution in [2.24, 2.45) is 5.41 Å². The Morgan fingerprint density at radius 2 is 2.19 bits per heavy atom. The second-order valence-corrected chi connectivity index (χ2v) is 5.61. The van der Waals surface area contributed by atoms with Gasteiger partial charge in [-0.2, -0.15) is 0 Å². The molecule has 6 heteroatoms. The molecule has 114 valence electrons. The first-order chi connectivity index (χ1) is 10.00. The van der Waals surface area contributed by atoms with Crippen molar-refractivity contribution in [3.8, 4) is 0 Å². The van der Waals surface area contributed by atoms with Crippen molar-refractivity contribution in [1.29, 1.82) is 0 Å². The zero-order chi connectivity index (χ0) is 15.5. The van der Waals surface area contributed by atoms with E-state index in [-0.39, 0.29) is 23.6 Å². The Morgan fingerprint density at radius 3 is 2.76 bits per heavy atom. The molecule has 6 nitrogen and oxygen atoms in total.